The van der Waals surface area contributed by atoms with Crippen LogP contribution in [0.15, 0.2) is 50.5 Å². The number of hydrazine groups is 1. The fourth-order valence-electron chi connectivity index (χ4n) is 2.62. The molecule has 3 N–H and O–H groups in total. The van der Waals surface area contributed by atoms with Crippen molar-refractivity contribution in [1.82, 2.24) is 10.4 Å². The average Bonchev–Trinajstić information content (AvgIpc) is 3.24. The van der Waals surface area contributed by atoms with E-state index in [1.807, 2.05) is 18.4 Å². The molecule has 2 aliphatic heterocycles. The molecule has 0 saturated carbocycles. The van der Waals surface area contributed by atoms with Crippen LogP contribution in [0.1, 0.15) is 5.56 Å². The molecule has 1 unspecified atom stereocenters. The lowest BCUT2D eigenvalue weighted by Gasteiger charge is -2.24. The van der Waals surface area contributed by atoms with Crippen molar-refractivity contribution in [2.24, 2.45) is 4.99 Å². The SMILES string of the molecule is CN1C=NC(C2=Cc3cccc(NSc4cccs4)c3NC2)N1. The summed E-state index contributed by atoms with van der Waals surface area (Å²) in [6, 6.07) is 10.5. The lowest BCUT2D eigenvalue weighted by Crippen LogP contribution is -2.36. The number of nitrogens with zero attached hydrogens (tertiary/aromatic N) is 2. The van der Waals surface area contributed by atoms with Gasteiger partial charge in [0.25, 0.3) is 0 Å². The highest BCUT2D eigenvalue weighted by atomic mass is 32.2. The molecule has 4 rings (SSSR count). The van der Waals surface area contributed by atoms with Gasteiger partial charge < -0.3 is 10.0 Å². The molecule has 23 heavy (non-hydrogen) atoms. The zero-order valence-electron chi connectivity index (χ0n) is 12.6. The summed E-state index contributed by atoms with van der Waals surface area (Å²) in [4.78, 5) is 4.47. The zero-order valence-corrected chi connectivity index (χ0v) is 14.2. The van der Waals surface area contributed by atoms with Crippen LogP contribution in [0.2, 0.25) is 0 Å². The van der Waals surface area contributed by atoms with Crippen molar-refractivity contribution in [2.75, 3.05) is 23.6 Å². The van der Waals surface area contributed by atoms with Crippen LogP contribution < -0.4 is 15.5 Å². The Bertz CT molecular complexity index is 754. The fourth-order valence-corrected chi connectivity index (χ4v) is 4.08. The second kappa shape index (κ2) is 6.27. The van der Waals surface area contributed by atoms with Crippen LogP contribution in [0.5, 0.6) is 0 Å². The number of rotatable bonds is 4. The normalized spacial score (nSPS) is 19.3. The molecular formula is C16H17N5S2. The summed E-state index contributed by atoms with van der Waals surface area (Å²) in [6.45, 7) is 0.790. The number of anilines is 2. The standard InChI is InChI=1S/C16H17N5S2/c1-21-10-18-16(19-21)12-8-11-4-2-5-13(15(11)17-9-12)20-23-14-6-3-7-22-14/h2-8,10,16-17,19-20H,9H2,1H3. The van der Waals surface area contributed by atoms with E-state index in [1.54, 1.807) is 23.3 Å². The molecule has 7 heteroatoms. The Hall–Kier alpha value is -1.96. The number of fused-ring (bicyclic) bond motifs is 1. The molecule has 2 aliphatic rings. The second-order valence-corrected chi connectivity index (χ2v) is 7.44. The van der Waals surface area contributed by atoms with Gasteiger partial charge in [-0.2, -0.15) is 0 Å². The quantitative estimate of drug-likeness (QED) is 0.742. The first kappa shape index (κ1) is 14.6. The highest BCUT2D eigenvalue weighted by Crippen LogP contribution is 2.35. The monoisotopic (exact) mass is 343 g/mol. The van der Waals surface area contributed by atoms with Gasteiger partial charge >= 0.3 is 0 Å². The maximum absolute atomic E-state index is 4.47. The first-order valence-electron chi connectivity index (χ1n) is 7.35. The van der Waals surface area contributed by atoms with Gasteiger partial charge in [-0.1, -0.05) is 18.2 Å². The molecule has 3 heterocycles. The second-order valence-electron chi connectivity index (χ2n) is 5.39. The average molecular weight is 343 g/mol. The number of hydrogen-bond donors (Lipinski definition) is 3. The number of para-hydroxylation sites is 1. The third kappa shape index (κ3) is 3.08. The van der Waals surface area contributed by atoms with Crippen molar-refractivity contribution < 1.29 is 0 Å². The molecule has 5 nitrogen and oxygen atoms in total. The minimum absolute atomic E-state index is 0.0257. The van der Waals surface area contributed by atoms with E-state index < -0.39 is 0 Å². The largest absolute Gasteiger partial charge is 0.379 e. The van der Waals surface area contributed by atoms with Crippen molar-refractivity contribution in [1.29, 1.82) is 0 Å². The third-order valence-electron chi connectivity index (χ3n) is 3.73. The van der Waals surface area contributed by atoms with E-state index in [0.717, 1.165) is 17.9 Å². The summed E-state index contributed by atoms with van der Waals surface area (Å²) < 4.78 is 4.70. The van der Waals surface area contributed by atoms with Crippen LogP contribution in [-0.4, -0.2) is 31.1 Å². The molecule has 0 aliphatic carbocycles. The van der Waals surface area contributed by atoms with Crippen LogP contribution in [0.4, 0.5) is 11.4 Å². The molecule has 0 bridgehead atoms. The van der Waals surface area contributed by atoms with Crippen LogP contribution in [0.3, 0.4) is 0 Å². The van der Waals surface area contributed by atoms with Crippen molar-refractivity contribution in [2.45, 2.75) is 10.4 Å². The Kier molecular flexibility index (Phi) is 3.99. The van der Waals surface area contributed by atoms with Crippen LogP contribution in [0.25, 0.3) is 6.08 Å². The highest BCUT2D eigenvalue weighted by molar-refractivity contribution is 8.02. The Morgan fingerprint density at radius 3 is 3.09 bits per heavy atom. The number of thiophene rings is 1. The molecule has 2 aromatic rings. The molecule has 0 fully saturated rings. The number of benzene rings is 1. The topological polar surface area (TPSA) is 51.7 Å². The smallest absolute Gasteiger partial charge is 0.141 e. The van der Waals surface area contributed by atoms with E-state index in [1.165, 1.54) is 15.3 Å². The van der Waals surface area contributed by atoms with Crippen LogP contribution >= 0.6 is 23.3 Å². The summed E-state index contributed by atoms with van der Waals surface area (Å²) in [5.41, 5.74) is 7.98. The van der Waals surface area contributed by atoms with Crippen LogP contribution in [-0.2, 0) is 0 Å². The van der Waals surface area contributed by atoms with Crippen molar-refractivity contribution in [3.05, 3.63) is 46.8 Å². The molecule has 0 radical (unpaired) electrons. The molecule has 0 amide bonds. The van der Waals surface area contributed by atoms with Gasteiger partial charge in [-0.05, 0) is 46.7 Å². The van der Waals surface area contributed by atoms with Gasteiger partial charge in [0.2, 0.25) is 0 Å². The minimum Gasteiger partial charge on any atom is -0.379 e. The van der Waals surface area contributed by atoms with E-state index in [9.17, 15) is 0 Å². The maximum atomic E-state index is 4.47. The van der Waals surface area contributed by atoms with E-state index in [-0.39, 0.29) is 6.17 Å². The lowest BCUT2D eigenvalue weighted by atomic mass is 10.0. The van der Waals surface area contributed by atoms with Gasteiger partial charge in [0.05, 0.1) is 15.6 Å². The summed E-state index contributed by atoms with van der Waals surface area (Å²) in [6.07, 6.45) is 4.07. The summed E-state index contributed by atoms with van der Waals surface area (Å²) in [5, 5.41) is 7.50. The predicted octanol–water partition coefficient (Wildman–Crippen LogP) is 3.48. The fraction of sp³-hybridized carbons (Fsp3) is 0.188. The van der Waals surface area contributed by atoms with Crippen LogP contribution in [0, 0.1) is 0 Å². The highest BCUT2D eigenvalue weighted by Gasteiger charge is 2.22. The molecule has 118 valence electrons. The van der Waals surface area contributed by atoms with Crippen molar-refractivity contribution in [3.8, 4) is 0 Å². The first-order valence-corrected chi connectivity index (χ1v) is 9.05. The Labute approximate surface area is 143 Å². The van der Waals surface area contributed by atoms with Gasteiger partial charge in [0.1, 0.15) is 12.5 Å². The Balaban J connectivity index is 1.54. The third-order valence-corrected chi connectivity index (χ3v) is 5.59. The first-order chi connectivity index (χ1) is 11.3. The van der Waals surface area contributed by atoms with Crippen molar-refractivity contribution >= 4 is 47.1 Å². The molecule has 1 aromatic carbocycles. The van der Waals surface area contributed by atoms with E-state index >= 15 is 0 Å². The van der Waals surface area contributed by atoms with Gasteiger partial charge in [-0.25, -0.2) is 10.4 Å². The maximum Gasteiger partial charge on any atom is 0.141 e. The minimum atomic E-state index is 0.0257. The van der Waals surface area contributed by atoms with Gasteiger partial charge in [0, 0.05) is 13.6 Å². The number of hydrogen-bond acceptors (Lipinski definition) is 7. The summed E-state index contributed by atoms with van der Waals surface area (Å²) in [5.74, 6) is 0. The molecule has 1 aromatic heterocycles. The van der Waals surface area contributed by atoms with Crippen molar-refractivity contribution in [3.63, 3.8) is 0 Å². The summed E-state index contributed by atoms with van der Waals surface area (Å²) in [7, 11) is 1.96. The van der Waals surface area contributed by atoms with Gasteiger partial charge in [-0.3, -0.25) is 5.01 Å². The Morgan fingerprint density at radius 1 is 1.35 bits per heavy atom. The molecular weight excluding hydrogens is 326 g/mol. The van der Waals surface area contributed by atoms with E-state index in [2.05, 4.69) is 62.2 Å². The van der Waals surface area contributed by atoms with E-state index in [4.69, 9.17) is 0 Å². The van der Waals surface area contributed by atoms with E-state index in [0.29, 0.717) is 0 Å². The zero-order chi connectivity index (χ0) is 15.6. The predicted molar refractivity (Wildman–Crippen MR) is 99.9 cm³/mol. The number of aliphatic imine (C=N–C) groups is 1. The lowest BCUT2D eigenvalue weighted by molar-refractivity contribution is 0.376. The summed E-state index contributed by atoms with van der Waals surface area (Å²) >= 11 is 3.38. The Morgan fingerprint density at radius 2 is 2.30 bits per heavy atom. The van der Waals surface area contributed by atoms with Gasteiger partial charge in [-0.15, -0.1) is 11.3 Å². The number of nitrogens with one attached hydrogen (secondary N) is 3. The molecule has 0 spiro atoms. The molecule has 1 atom stereocenters. The van der Waals surface area contributed by atoms with Gasteiger partial charge in [0.15, 0.2) is 0 Å². The molecule has 0 saturated heterocycles.